The first-order valence-corrected chi connectivity index (χ1v) is 20.9. The number of likely N-dealkylation sites (tertiary alicyclic amines) is 1. The number of hydrogen-bond acceptors (Lipinski definition) is 7. The Bertz CT molecular complexity index is 2280. The maximum atomic E-state index is 13.8. The van der Waals surface area contributed by atoms with Crippen molar-refractivity contribution in [3.05, 3.63) is 102 Å². The number of nitrogens with zero attached hydrogens (tertiary/aromatic N) is 4. The molecule has 12 nitrogen and oxygen atoms in total. The molecule has 4 heterocycles. The predicted octanol–water partition coefficient (Wildman–Crippen LogP) is 7.90. The zero-order chi connectivity index (χ0) is 39.9. The van der Waals surface area contributed by atoms with Gasteiger partial charge in [0.2, 0.25) is 11.8 Å². The lowest BCUT2D eigenvalue weighted by atomic mass is 9.78. The summed E-state index contributed by atoms with van der Waals surface area (Å²) >= 11 is 0. The molecule has 2 aromatic carbocycles. The summed E-state index contributed by atoms with van der Waals surface area (Å²) in [4.78, 5) is 62.5. The van der Waals surface area contributed by atoms with E-state index in [-0.39, 0.29) is 35.6 Å². The summed E-state index contributed by atoms with van der Waals surface area (Å²) in [5.74, 6) is 3.02. The number of ether oxygens (including phenoxy) is 1. The van der Waals surface area contributed by atoms with E-state index in [0.29, 0.717) is 30.8 Å². The highest BCUT2D eigenvalue weighted by molar-refractivity contribution is 5.86. The Kier molecular flexibility index (Phi) is 10.3. The molecule has 4 aliphatic rings. The van der Waals surface area contributed by atoms with Gasteiger partial charge in [-0.2, -0.15) is 0 Å². The molecule has 6 atom stereocenters. The van der Waals surface area contributed by atoms with Crippen molar-refractivity contribution >= 4 is 17.9 Å². The van der Waals surface area contributed by atoms with Crippen LogP contribution in [0.15, 0.2) is 79.3 Å². The molecule has 4 N–H and O–H groups in total. The monoisotopic (exact) mass is 780 g/mol. The fraction of sp³-hybridized carbons (Fsp3) is 0.435. The van der Waals surface area contributed by atoms with Crippen LogP contribution in [0.1, 0.15) is 99.6 Å². The summed E-state index contributed by atoms with van der Waals surface area (Å²) in [5.41, 5.74) is 8.37. The highest BCUT2D eigenvalue weighted by Gasteiger charge is 2.52. The van der Waals surface area contributed by atoms with Crippen LogP contribution in [0.25, 0.3) is 33.6 Å². The van der Waals surface area contributed by atoms with Gasteiger partial charge < -0.3 is 30.2 Å². The third-order valence-corrected chi connectivity index (χ3v) is 13.0. The SMILES string of the molecule is COC(=O)N[C@H](C(=O)N1CCC[C@H]1c1ncc(-c2ccc(-c3ccc(-c4cnc([C@@H]5C6CCC(C6)[C@H]5C(=O)NCc5cccnc5C5CC5)[nH]4)cc3)cc2)[nH]1)C(C)C. The van der Waals surface area contributed by atoms with Crippen LogP contribution >= 0.6 is 0 Å². The molecule has 1 aliphatic heterocycles. The number of amides is 3. The van der Waals surface area contributed by atoms with E-state index in [9.17, 15) is 14.4 Å². The minimum absolute atomic E-state index is 0.0709. The molecule has 5 aromatic rings. The van der Waals surface area contributed by atoms with Crippen molar-refractivity contribution < 1.29 is 19.1 Å². The lowest BCUT2D eigenvalue weighted by Gasteiger charge is -2.30. The molecule has 58 heavy (non-hydrogen) atoms. The topological polar surface area (TPSA) is 158 Å². The molecular weight excluding hydrogens is 729 g/mol. The van der Waals surface area contributed by atoms with Gasteiger partial charge in [0.15, 0.2) is 0 Å². The van der Waals surface area contributed by atoms with E-state index in [2.05, 4.69) is 80.2 Å². The number of fused-ring (bicyclic) bond motifs is 2. The van der Waals surface area contributed by atoms with E-state index in [1.807, 2.05) is 43.4 Å². The average Bonchev–Trinajstić information content (AvgIpc) is 3.82. The van der Waals surface area contributed by atoms with Crippen molar-refractivity contribution in [1.82, 2.24) is 40.5 Å². The highest BCUT2D eigenvalue weighted by atomic mass is 16.5. The molecule has 9 rings (SSSR count). The number of nitrogens with one attached hydrogen (secondary N) is 4. The van der Waals surface area contributed by atoms with Gasteiger partial charge in [-0.05, 0) is 96.6 Å². The predicted molar refractivity (Wildman–Crippen MR) is 220 cm³/mol. The van der Waals surface area contributed by atoms with E-state index >= 15 is 0 Å². The molecule has 3 aliphatic carbocycles. The maximum Gasteiger partial charge on any atom is 0.407 e. The number of benzene rings is 2. The van der Waals surface area contributed by atoms with Gasteiger partial charge in [0, 0.05) is 36.8 Å². The second-order valence-corrected chi connectivity index (χ2v) is 17.0. The van der Waals surface area contributed by atoms with Crippen LogP contribution in [0.5, 0.6) is 0 Å². The Morgan fingerprint density at radius 2 is 1.45 bits per heavy atom. The summed E-state index contributed by atoms with van der Waals surface area (Å²) in [7, 11) is 1.30. The van der Waals surface area contributed by atoms with Gasteiger partial charge in [0.25, 0.3) is 0 Å². The number of rotatable bonds is 12. The van der Waals surface area contributed by atoms with Crippen LogP contribution in [0.3, 0.4) is 0 Å². The number of pyridine rings is 1. The minimum atomic E-state index is -0.676. The van der Waals surface area contributed by atoms with E-state index in [4.69, 9.17) is 14.7 Å². The Morgan fingerprint density at radius 1 is 0.810 bits per heavy atom. The molecule has 4 fully saturated rings. The zero-order valence-electron chi connectivity index (χ0n) is 33.4. The normalized spacial score (nSPS) is 23.0. The highest BCUT2D eigenvalue weighted by Crippen LogP contribution is 2.56. The van der Waals surface area contributed by atoms with Gasteiger partial charge in [-0.1, -0.05) is 68.4 Å². The zero-order valence-corrected chi connectivity index (χ0v) is 33.4. The minimum Gasteiger partial charge on any atom is -0.453 e. The van der Waals surface area contributed by atoms with Gasteiger partial charge in [-0.15, -0.1) is 0 Å². The molecule has 3 saturated carbocycles. The standard InChI is InChI=1S/C46H52N8O4/c1-26(2)40(53-46(57)58-3)45(56)54-21-5-7-37(54)42-48-24-35(51-42)29-12-8-27(9-13-29)28-10-14-30(15-11-28)36-25-49-43(52-36)38-32-18-19-33(22-32)39(38)44(55)50-23-34-6-4-20-47-41(34)31-16-17-31/h4,6,8-15,20,24-26,31-33,37-40H,5,7,16-19,21-23H2,1-3H3,(H,48,51)(H,49,52)(H,50,55)(H,53,57)/t32?,33?,37-,38+,39+,40-/m0/s1. The second-order valence-electron chi connectivity index (χ2n) is 17.0. The lowest BCUT2D eigenvalue weighted by molar-refractivity contribution is -0.135. The molecule has 0 radical (unpaired) electrons. The second kappa shape index (κ2) is 15.9. The van der Waals surface area contributed by atoms with E-state index in [1.165, 1.54) is 20.0 Å². The van der Waals surface area contributed by atoms with Gasteiger partial charge >= 0.3 is 6.09 Å². The first-order chi connectivity index (χ1) is 28.2. The summed E-state index contributed by atoms with van der Waals surface area (Å²) in [5, 5.41) is 6.01. The smallest absolute Gasteiger partial charge is 0.407 e. The Balaban J connectivity index is 0.846. The first kappa shape index (κ1) is 37.8. The summed E-state index contributed by atoms with van der Waals surface area (Å²) < 4.78 is 4.77. The van der Waals surface area contributed by atoms with Crippen LogP contribution < -0.4 is 10.6 Å². The van der Waals surface area contributed by atoms with Crippen LogP contribution in [0.4, 0.5) is 4.79 Å². The fourth-order valence-corrected chi connectivity index (χ4v) is 9.87. The number of alkyl carbamates (subject to hydrolysis) is 1. The Morgan fingerprint density at radius 3 is 2.10 bits per heavy atom. The molecule has 0 spiro atoms. The summed E-state index contributed by atoms with van der Waals surface area (Å²) in [6, 6.07) is 20.1. The van der Waals surface area contributed by atoms with Gasteiger partial charge in [0.05, 0.1) is 42.9 Å². The molecule has 2 unspecified atom stereocenters. The van der Waals surface area contributed by atoms with Crippen molar-refractivity contribution in [3.63, 3.8) is 0 Å². The van der Waals surface area contributed by atoms with Crippen LogP contribution in [0, 0.1) is 23.7 Å². The number of aromatic nitrogens is 5. The van der Waals surface area contributed by atoms with Crippen molar-refractivity contribution in [3.8, 4) is 33.6 Å². The molecule has 3 aromatic heterocycles. The molecule has 2 bridgehead atoms. The number of H-pyrrole nitrogens is 2. The van der Waals surface area contributed by atoms with E-state index < -0.39 is 12.1 Å². The van der Waals surface area contributed by atoms with Crippen LogP contribution in [-0.4, -0.2) is 67.4 Å². The summed E-state index contributed by atoms with van der Waals surface area (Å²) in [6.07, 6.45) is 12.4. The Labute approximate surface area is 339 Å². The number of carbonyl (C=O) groups is 3. The van der Waals surface area contributed by atoms with Gasteiger partial charge in [-0.3, -0.25) is 14.6 Å². The molecule has 1 saturated heterocycles. The van der Waals surface area contributed by atoms with Gasteiger partial charge in [0.1, 0.15) is 17.7 Å². The molecule has 12 heteroatoms. The van der Waals surface area contributed by atoms with Crippen molar-refractivity contribution in [2.24, 2.45) is 23.7 Å². The average molecular weight is 781 g/mol. The molecular formula is C46H52N8O4. The number of imidazole rings is 2. The molecule has 3 amide bonds. The maximum absolute atomic E-state index is 13.8. The summed E-state index contributed by atoms with van der Waals surface area (Å²) in [6.45, 7) is 4.96. The number of hydrogen-bond donors (Lipinski definition) is 4. The quantitative estimate of drug-likeness (QED) is 0.100. The number of methoxy groups -OCH3 is 1. The third-order valence-electron chi connectivity index (χ3n) is 13.0. The Hall–Kier alpha value is -5.78. The van der Waals surface area contributed by atoms with Crippen molar-refractivity contribution in [2.45, 2.75) is 89.3 Å². The van der Waals surface area contributed by atoms with Gasteiger partial charge in [-0.25, -0.2) is 14.8 Å². The fourth-order valence-electron chi connectivity index (χ4n) is 9.87. The van der Waals surface area contributed by atoms with E-state index in [0.717, 1.165) is 88.7 Å². The van der Waals surface area contributed by atoms with Crippen molar-refractivity contribution in [1.29, 1.82) is 0 Å². The first-order valence-electron chi connectivity index (χ1n) is 20.9. The van der Waals surface area contributed by atoms with E-state index in [1.54, 1.807) is 0 Å². The van der Waals surface area contributed by atoms with Crippen LogP contribution in [0.2, 0.25) is 0 Å². The van der Waals surface area contributed by atoms with Crippen molar-refractivity contribution in [2.75, 3.05) is 13.7 Å². The lowest BCUT2D eigenvalue weighted by Crippen LogP contribution is -2.51. The number of carbonyl (C=O) groups excluding carboxylic acids is 3. The molecule has 300 valence electrons. The van der Waals surface area contributed by atoms with Crippen LogP contribution in [-0.2, 0) is 20.9 Å². The largest absolute Gasteiger partial charge is 0.453 e. The third kappa shape index (κ3) is 7.40. The number of aromatic amines is 2.